The van der Waals surface area contributed by atoms with E-state index in [-0.39, 0.29) is 17.2 Å². The van der Waals surface area contributed by atoms with Crippen molar-refractivity contribution in [3.05, 3.63) is 41.2 Å². The number of β-amino-alcohol motifs (C(OH)–C–C–N with tert-alkyl or cyclic N) is 1. The lowest BCUT2D eigenvalue weighted by molar-refractivity contribution is 0.0921. The lowest BCUT2D eigenvalue weighted by Crippen LogP contribution is -2.35. The van der Waals surface area contributed by atoms with E-state index in [1.165, 1.54) is 5.56 Å². The molecule has 1 aromatic carbocycles. The largest absolute Gasteiger partial charge is 0.391 e. The summed E-state index contributed by atoms with van der Waals surface area (Å²) >= 11 is 0. The van der Waals surface area contributed by atoms with Crippen molar-refractivity contribution in [3.8, 4) is 5.69 Å². The Kier molecular flexibility index (Phi) is 6.15. The second kappa shape index (κ2) is 8.41. The molecule has 28 heavy (non-hydrogen) atoms. The lowest BCUT2D eigenvalue weighted by Gasteiger charge is -2.19. The number of amides is 1. The van der Waals surface area contributed by atoms with Gasteiger partial charge in [-0.05, 0) is 29.5 Å². The van der Waals surface area contributed by atoms with Crippen LogP contribution in [0.15, 0.2) is 24.3 Å². The topological polar surface area (TPSA) is 92.1 Å². The number of aromatic nitrogens is 3. The normalized spacial score (nSPS) is 19.8. The summed E-state index contributed by atoms with van der Waals surface area (Å²) in [6.45, 7) is 10.3. The summed E-state index contributed by atoms with van der Waals surface area (Å²) in [4.78, 5) is 12.7. The number of benzene rings is 1. The van der Waals surface area contributed by atoms with Crippen LogP contribution >= 0.6 is 0 Å². The third-order valence-electron chi connectivity index (χ3n) is 5.27. The molecular formula is C21H31N5O2. The van der Waals surface area contributed by atoms with Crippen LogP contribution in [0.4, 0.5) is 0 Å². The van der Waals surface area contributed by atoms with Crippen molar-refractivity contribution in [2.75, 3.05) is 19.6 Å². The molecule has 0 aliphatic carbocycles. The van der Waals surface area contributed by atoms with Gasteiger partial charge in [-0.25, -0.2) is 4.68 Å². The highest BCUT2D eigenvalue weighted by molar-refractivity contribution is 5.93. The monoisotopic (exact) mass is 385 g/mol. The molecule has 1 saturated heterocycles. The number of carbonyl (C=O) groups is 1. The Labute approximate surface area is 166 Å². The molecule has 2 aromatic rings. The van der Waals surface area contributed by atoms with Crippen molar-refractivity contribution in [1.82, 2.24) is 25.6 Å². The molecule has 1 aromatic heterocycles. The summed E-state index contributed by atoms with van der Waals surface area (Å²) in [5, 5.41) is 24.4. The van der Waals surface area contributed by atoms with Crippen LogP contribution in [0, 0.1) is 5.92 Å². The van der Waals surface area contributed by atoms with E-state index in [0.29, 0.717) is 31.7 Å². The zero-order chi connectivity index (χ0) is 20.3. The Morgan fingerprint density at radius 3 is 2.57 bits per heavy atom. The van der Waals surface area contributed by atoms with Gasteiger partial charge in [0.2, 0.25) is 0 Å². The predicted molar refractivity (Wildman–Crippen MR) is 109 cm³/mol. The zero-order valence-corrected chi connectivity index (χ0v) is 17.2. The van der Waals surface area contributed by atoms with Crippen molar-refractivity contribution in [2.45, 2.75) is 52.1 Å². The molecule has 3 rings (SSSR count). The van der Waals surface area contributed by atoms with E-state index in [9.17, 15) is 9.90 Å². The van der Waals surface area contributed by atoms with Gasteiger partial charge < -0.3 is 15.7 Å². The fourth-order valence-electron chi connectivity index (χ4n) is 3.48. The highest BCUT2D eigenvalue weighted by Crippen LogP contribution is 2.24. The van der Waals surface area contributed by atoms with Crippen molar-refractivity contribution >= 4 is 5.91 Å². The summed E-state index contributed by atoms with van der Waals surface area (Å²) in [6.07, 6.45) is 1.18. The summed E-state index contributed by atoms with van der Waals surface area (Å²) < 4.78 is 1.76. The molecule has 1 amide bonds. The molecule has 0 spiro atoms. The summed E-state index contributed by atoms with van der Waals surface area (Å²) in [7, 11) is 0. The standard InChI is InChI=1S/C21H31N5O2/c1-5-6-17-19(20(28)23-12-14-11-22-13-18(14)27)24-25-26(17)16-9-7-15(8-10-16)21(2,3)4/h7-10,14,18,22,27H,5-6,11-13H2,1-4H3,(H,23,28). The van der Waals surface area contributed by atoms with Gasteiger partial charge in [-0.15, -0.1) is 5.10 Å². The maximum absolute atomic E-state index is 12.7. The van der Waals surface area contributed by atoms with Gasteiger partial charge in [0.15, 0.2) is 5.69 Å². The number of carbonyl (C=O) groups excluding carboxylic acids is 1. The van der Waals surface area contributed by atoms with Crippen molar-refractivity contribution in [1.29, 1.82) is 0 Å². The van der Waals surface area contributed by atoms with E-state index in [1.807, 2.05) is 12.1 Å². The molecule has 1 aliphatic heterocycles. The van der Waals surface area contributed by atoms with Gasteiger partial charge in [-0.1, -0.05) is 51.5 Å². The average Bonchev–Trinajstić information content (AvgIpc) is 3.26. The first kappa shape index (κ1) is 20.5. The van der Waals surface area contributed by atoms with Crippen molar-refractivity contribution in [2.24, 2.45) is 5.92 Å². The number of hydrogen-bond acceptors (Lipinski definition) is 5. The third-order valence-corrected chi connectivity index (χ3v) is 5.27. The first-order valence-electron chi connectivity index (χ1n) is 10.0. The van der Waals surface area contributed by atoms with Gasteiger partial charge in [-0.3, -0.25) is 4.79 Å². The van der Waals surface area contributed by atoms with Crippen LogP contribution < -0.4 is 10.6 Å². The summed E-state index contributed by atoms with van der Waals surface area (Å²) in [5.74, 6) is -0.210. The fraction of sp³-hybridized carbons (Fsp3) is 0.571. The van der Waals surface area contributed by atoms with Crippen molar-refractivity contribution < 1.29 is 9.90 Å². The third kappa shape index (κ3) is 4.42. The van der Waals surface area contributed by atoms with Crippen LogP contribution in [0.25, 0.3) is 5.69 Å². The zero-order valence-electron chi connectivity index (χ0n) is 17.2. The molecule has 0 radical (unpaired) electrons. The summed E-state index contributed by atoms with van der Waals surface area (Å²) in [5.41, 5.74) is 3.40. The molecule has 1 fully saturated rings. The Bertz CT molecular complexity index is 807. The SMILES string of the molecule is CCCc1c(C(=O)NCC2CNCC2O)nnn1-c1ccc(C(C)(C)C)cc1. The molecular weight excluding hydrogens is 354 g/mol. The highest BCUT2D eigenvalue weighted by Gasteiger charge is 2.27. The molecule has 2 unspecified atom stereocenters. The predicted octanol–water partition coefficient (Wildman–Crippen LogP) is 1.83. The van der Waals surface area contributed by atoms with E-state index < -0.39 is 6.10 Å². The number of rotatable bonds is 6. The van der Waals surface area contributed by atoms with E-state index in [2.05, 4.69) is 60.8 Å². The number of nitrogens with one attached hydrogen (secondary N) is 2. The Morgan fingerprint density at radius 2 is 2.00 bits per heavy atom. The molecule has 0 bridgehead atoms. The van der Waals surface area contributed by atoms with Crippen LogP contribution in [0.2, 0.25) is 0 Å². The highest BCUT2D eigenvalue weighted by atomic mass is 16.3. The second-order valence-corrected chi connectivity index (χ2v) is 8.54. The smallest absolute Gasteiger partial charge is 0.273 e. The van der Waals surface area contributed by atoms with Crippen LogP contribution in [-0.4, -0.2) is 51.7 Å². The fourth-order valence-corrected chi connectivity index (χ4v) is 3.48. The minimum atomic E-state index is -0.424. The Balaban J connectivity index is 1.80. The number of hydrogen-bond donors (Lipinski definition) is 3. The molecule has 7 heteroatoms. The minimum absolute atomic E-state index is 0.0264. The van der Waals surface area contributed by atoms with E-state index in [4.69, 9.17) is 0 Å². The van der Waals surface area contributed by atoms with E-state index in [1.54, 1.807) is 4.68 Å². The molecule has 2 heterocycles. The summed E-state index contributed by atoms with van der Waals surface area (Å²) in [6, 6.07) is 8.25. The van der Waals surface area contributed by atoms with Gasteiger partial charge in [0, 0.05) is 25.6 Å². The number of aliphatic hydroxyl groups is 1. The number of nitrogens with zero attached hydrogens (tertiary/aromatic N) is 3. The first-order valence-corrected chi connectivity index (χ1v) is 10.0. The molecule has 152 valence electrons. The van der Waals surface area contributed by atoms with Crippen LogP contribution in [-0.2, 0) is 11.8 Å². The van der Waals surface area contributed by atoms with Gasteiger partial charge >= 0.3 is 0 Å². The average molecular weight is 386 g/mol. The maximum Gasteiger partial charge on any atom is 0.273 e. The Morgan fingerprint density at radius 1 is 1.29 bits per heavy atom. The van der Waals surface area contributed by atoms with Gasteiger partial charge in [0.25, 0.3) is 5.91 Å². The lowest BCUT2D eigenvalue weighted by atomic mass is 9.87. The second-order valence-electron chi connectivity index (χ2n) is 8.54. The van der Waals surface area contributed by atoms with E-state index in [0.717, 1.165) is 17.8 Å². The van der Waals surface area contributed by atoms with Gasteiger partial charge in [-0.2, -0.15) is 0 Å². The maximum atomic E-state index is 12.7. The van der Waals surface area contributed by atoms with Crippen molar-refractivity contribution in [3.63, 3.8) is 0 Å². The van der Waals surface area contributed by atoms with E-state index >= 15 is 0 Å². The van der Waals surface area contributed by atoms with Gasteiger partial charge in [0.05, 0.1) is 17.5 Å². The molecule has 3 N–H and O–H groups in total. The Hall–Kier alpha value is -2.25. The number of aliphatic hydroxyl groups excluding tert-OH is 1. The minimum Gasteiger partial charge on any atom is -0.391 e. The van der Waals surface area contributed by atoms with Crippen LogP contribution in [0.5, 0.6) is 0 Å². The molecule has 7 nitrogen and oxygen atoms in total. The quantitative estimate of drug-likeness (QED) is 0.706. The van der Waals surface area contributed by atoms with Gasteiger partial charge in [0.1, 0.15) is 0 Å². The molecule has 1 aliphatic rings. The molecule has 2 atom stereocenters. The first-order chi connectivity index (χ1) is 13.3. The van der Waals surface area contributed by atoms with Crippen LogP contribution in [0.3, 0.4) is 0 Å². The molecule has 0 saturated carbocycles. The van der Waals surface area contributed by atoms with Crippen LogP contribution in [0.1, 0.15) is 55.9 Å².